The van der Waals surface area contributed by atoms with Gasteiger partial charge in [-0.05, 0) is 42.8 Å². The van der Waals surface area contributed by atoms with Gasteiger partial charge in [0.15, 0.2) is 11.5 Å². The third-order valence-corrected chi connectivity index (χ3v) is 4.98. The SMILES string of the molecule is CCN1C(=O)/C(=C\c2ccc(OC(=O)c3ccco3)c(OC)c2)SC1=S. The van der Waals surface area contributed by atoms with E-state index in [0.717, 1.165) is 5.56 Å². The second-order valence-corrected chi connectivity index (χ2v) is 6.88. The average molecular weight is 389 g/mol. The number of amides is 1. The van der Waals surface area contributed by atoms with Crippen LogP contribution < -0.4 is 9.47 Å². The first-order chi connectivity index (χ1) is 12.5. The molecule has 2 aromatic rings. The minimum Gasteiger partial charge on any atom is -0.493 e. The van der Waals surface area contributed by atoms with Crippen molar-refractivity contribution < 1.29 is 23.5 Å². The number of carbonyl (C=O) groups is 2. The summed E-state index contributed by atoms with van der Waals surface area (Å²) in [5.74, 6) is -0.0178. The van der Waals surface area contributed by atoms with E-state index in [9.17, 15) is 9.59 Å². The molecule has 0 unspecified atom stereocenters. The molecule has 0 atom stereocenters. The molecule has 2 heterocycles. The maximum absolute atomic E-state index is 12.3. The molecule has 0 radical (unpaired) electrons. The van der Waals surface area contributed by atoms with Gasteiger partial charge in [-0.3, -0.25) is 9.69 Å². The number of carbonyl (C=O) groups excluding carboxylic acids is 2. The number of nitrogens with zero attached hydrogens (tertiary/aromatic N) is 1. The monoisotopic (exact) mass is 389 g/mol. The Labute approximate surface area is 159 Å². The van der Waals surface area contributed by atoms with Crippen LogP contribution in [0.15, 0.2) is 45.9 Å². The van der Waals surface area contributed by atoms with Gasteiger partial charge in [0.25, 0.3) is 5.91 Å². The van der Waals surface area contributed by atoms with Crippen molar-refractivity contribution in [2.24, 2.45) is 0 Å². The van der Waals surface area contributed by atoms with Crippen molar-refractivity contribution in [1.29, 1.82) is 0 Å². The van der Waals surface area contributed by atoms with Gasteiger partial charge < -0.3 is 13.9 Å². The Morgan fingerprint density at radius 3 is 2.77 bits per heavy atom. The normalized spacial score (nSPS) is 15.6. The van der Waals surface area contributed by atoms with Crippen molar-refractivity contribution in [2.45, 2.75) is 6.92 Å². The molecular weight excluding hydrogens is 374 g/mol. The predicted octanol–water partition coefficient (Wildman–Crippen LogP) is 3.73. The molecule has 0 bridgehead atoms. The maximum Gasteiger partial charge on any atom is 0.379 e. The lowest BCUT2D eigenvalue weighted by Crippen LogP contribution is -2.27. The molecule has 8 heteroatoms. The van der Waals surface area contributed by atoms with Gasteiger partial charge in [-0.1, -0.05) is 30.0 Å². The number of methoxy groups -OCH3 is 1. The second-order valence-electron chi connectivity index (χ2n) is 5.20. The molecule has 1 fully saturated rings. The number of benzene rings is 1. The lowest BCUT2D eigenvalue weighted by atomic mass is 10.2. The summed E-state index contributed by atoms with van der Waals surface area (Å²) in [5.41, 5.74) is 0.733. The molecule has 6 nitrogen and oxygen atoms in total. The van der Waals surface area contributed by atoms with Crippen LogP contribution in [0, 0.1) is 0 Å². The zero-order valence-electron chi connectivity index (χ0n) is 14.1. The van der Waals surface area contributed by atoms with E-state index in [0.29, 0.717) is 21.5 Å². The number of hydrogen-bond acceptors (Lipinski definition) is 7. The molecule has 0 spiro atoms. The lowest BCUT2D eigenvalue weighted by molar-refractivity contribution is -0.121. The number of ether oxygens (including phenoxy) is 2. The van der Waals surface area contributed by atoms with E-state index < -0.39 is 5.97 Å². The summed E-state index contributed by atoms with van der Waals surface area (Å²) >= 11 is 6.46. The van der Waals surface area contributed by atoms with Crippen LogP contribution in [0.1, 0.15) is 23.0 Å². The second kappa shape index (κ2) is 7.76. The molecule has 1 saturated heterocycles. The van der Waals surface area contributed by atoms with Crippen molar-refractivity contribution in [3.8, 4) is 11.5 Å². The Morgan fingerprint density at radius 1 is 1.35 bits per heavy atom. The Kier molecular flexibility index (Phi) is 5.43. The highest BCUT2D eigenvalue weighted by atomic mass is 32.2. The predicted molar refractivity (Wildman–Crippen MR) is 102 cm³/mol. The number of thiocarbonyl (C=S) groups is 1. The summed E-state index contributed by atoms with van der Waals surface area (Å²) in [6.45, 7) is 2.41. The Bertz CT molecular complexity index is 889. The fourth-order valence-electron chi connectivity index (χ4n) is 2.33. The van der Waals surface area contributed by atoms with Crippen LogP contribution in [-0.4, -0.2) is 34.8 Å². The molecule has 26 heavy (non-hydrogen) atoms. The molecule has 1 aromatic heterocycles. The number of hydrogen-bond donors (Lipinski definition) is 0. The van der Waals surface area contributed by atoms with E-state index in [1.807, 2.05) is 6.92 Å². The smallest absolute Gasteiger partial charge is 0.379 e. The van der Waals surface area contributed by atoms with Gasteiger partial charge >= 0.3 is 5.97 Å². The van der Waals surface area contributed by atoms with Gasteiger partial charge in [-0.15, -0.1) is 0 Å². The molecule has 1 aliphatic rings. The molecule has 0 saturated carbocycles. The van der Waals surface area contributed by atoms with Gasteiger partial charge in [-0.25, -0.2) is 4.79 Å². The van der Waals surface area contributed by atoms with Crippen LogP contribution in [0.3, 0.4) is 0 Å². The molecule has 0 aliphatic carbocycles. The first kappa shape index (κ1) is 18.2. The fourth-order valence-corrected chi connectivity index (χ4v) is 3.71. The largest absolute Gasteiger partial charge is 0.493 e. The van der Waals surface area contributed by atoms with Crippen molar-refractivity contribution >= 4 is 46.3 Å². The van der Waals surface area contributed by atoms with E-state index in [4.69, 9.17) is 26.1 Å². The summed E-state index contributed by atoms with van der Waals surface area (Å²) in [4.78, 5) is 26.4. The molecule has 3 rings (SSSR count). The van der Waals surface area contributed by atoms with Crippen LogP contribution in [0.4, 0.5) is 0 Å². The van der Waals surface area contributed by atoms with Crippen molar-refractivity contribution in [1.82, 2.24) is 4.90 Å². The first-order valence-electron chi connectivity index (χ1n) is 7.72. The molecule has 1 aromatic carbocycles. The van der Waals surface area contributed by atoms with E-state index >= 15 is 0 Å². The number of furan rings is 1. The lowest BCUT2D eigenvalue weighted by Gasteiger charge is -2.10. The van der Waals surface area contributed by atoms with E-state index in [1.54, 1.807) is 35.2 Å². The number of likely N-dealkylation sites (N-methyl/N-ethyl adjacent to an activating group) is 1. The molecule has 1 aliphatic heterocycles. The fraction of sp³-hybridized carbons (Fsp3) is 0.167. The zero-order chi connectivity index (χ0) is 18.7. The Hall–Kier alpha value is -2.58. The molecule has 0 N–H and O–H groups in total. The minimum atomic E-state index is -0.620. The number of thioether (sulfide) groups is 1. The third kappa shape index (κ3) is 3.66. The van der Waals surface area contributed by atoms with Gasteiger partial charge in [0.2, 0.25) is 5.76 Å². The Morgan fingerprint density at radius 2 is 2.15 bits per heavy atom. The van der Waals surface area contributed by atoms with Crippen LogP contribution >= 0.6 is 24.0 Å². The van der Waals surface area contributed by atoms with E-state index in [-0.39, 0.29) is 17.4 Å². The third-order valence-electron chi connectivity index (χ3n) is 3.60. The van der Waals surface area contributed by atoms with Crippen LogP contribution in [0.2, 0.25) is 0 Å². The van der Waals surface area contributed by atoms with Crippen LogP contribution in [-0.2, 0) is 4.79 Å². The van der Waals surface area contributed by atoms with E-state index in [2.05, 4.69) is 0 Å². The number of rotatable bonds is 5. The summed E-state index contributed by atoms with van der Waals surface area (Å²) < 4.78 is 16.1. The zero-order valence-corrected chi connectivity index (χ0v) is 15.7. The van der Waals surface area contributed by atoms with Gasteiger partial charge in [0, 0.05) is 6.54 Å². The Balaban J connectivity index is 1.83. The molecular formula is C18H15NO5S2. The summed E-state index contributed by atoms with van der Waals surface area (Å²) in [7, 11) is 1.47. The topological polar surface area (TPSA) is 69.0 Å². The highest BCUT2D eigenvalue weighted by molar-refractivity contribution is 8.26. The minimum absolute atomic E-state index is 0.0966. The van der Waals surface area contributed by atoms with Gasteiger partial charge in [0.05, 0.1) is 18.3 Å². The summed E-state index contributed by atoms with van der Waals surface area (Å²) in [6, 6.07) is 8.13. The molecule has 134 valence electrons. The quantitative estimate of drug-likeness (QED) is 0.334. The standard InChI is InChI=1S/C18H15NO5S2/c1-3-19-16(20)15(26-18(19)25)10-11-6-7-12(14(9-11)22-2)24-17(21)13-5-4-8-23-13/h4-10H,3H2,1-2H3/b15-10+. The highest BCUT2D eigenvalue weighted by Gasteiger charge is 2.30. The average Bonchev–Trinajstić information content (AvgIpc) is 3.25. The number of esters is 1. The first-order valence-corrected chi connectivity index (χ1v) is 8.95. The van der Waals surface area contributed by atoms with Crippen molar-refractivity contribution in [2.75, 3.05) is 13.7 Å². The maximum atomic E-state index is 12.3. The summed E-state index contributed by atoms with van der Waals surface area (Å²) in [5, 5.41) is 0. The summed E-state index contributed by atoms with van der Waals surface area (Å²) in [6.07, 6.45) is 3.12. The van der Waals surface area contributed by atoms with E-state index in [1.165, 1.54) is 31.2 Å². The molecule has 1 amide bonds. The van der Waals surface area contributed by atoms with Crippen molar-refractivity contribution in [3.63, 3.8) is 0 Å². The van der Waals surface area contributed by atoms with Crippen molar-refractivity contribution in [3.05, 3.63) is 52.8 Å². The van der Waals surface area contributed by atoms with Crippen LogP contribution in [0.5, 0.6) is 11.5 Å². The highest BCUT2D eigenvalue weighted by Crippen LogP contribution is 2.34. The van der Waals surface area contributed by atoms with Gasteiger partial charge in [0.1, 0.15) is 4.32 Å². The van der Waals surface area contributed by atoms with Gasteiger partial charge in [-0.2, -0.15) is 0 Å². The van der Waals surface area contributed by atoms with Crippen LogP contribution in [0.25, 0.3) is 6.08 Å².